The third kappa shape index (κ3) is 2.39. The molecule has 2 N–H and O–H groups in total. The summed E-state index contributed by atoms with van der Waals surface area (Å²) in [5, 5.41) is 0. The van der Waals surface area contributed by atoms with Crippen molar-refractivity contribution in [3.05, 3.63) is 24.3 Å². The zero-order valence-corrected chi connectivity index (χ0v) is 7.60. The van der Waals surface area contributed by atoms with Crippen LogP contribution in [0.1, 0.15) is 12.8 Å². The Morgan fingerprint density at radius 1 is 1.36 bits per heavy atom. The highest BCUT2D eigenvalue weighted by Gasteiger charge is 2.23. The quantitative estimate of drug-likeness (QED) is 0.794. The normalized spacial score (nSPS) is 14.9. The lowest BCUT2D eigenvalue weighted by Crippen LogP contribution is -2.16. The van der Waals surface area contributed by atoms with Crippen LogP contribution in [0, 0.1) is 0 Å². The second kappa shape index (κ2) is 3.57. The zero-order chi connectivity index (χ0) is 9.97. The number of rotatable bonds is 3. The van der Waals surface area contributed by atoms with E-state index in [1.165, 1.54) is 0 Å². The van der Waals surface area contributed by atoms with Crippen LogP contribution in [0.15, 0.2) is 24.3 Å². The number of hydrogen-bond donors (Lipinski definition) is 1. The van der Waals surface area contributed by atoms with Crippen LogP contribution in [-0.2, 0) is 0 Å². The highest BCUT2D eigenvalue weighted by atomic mass is 16.5. The Kier molecular flexibility index (Phi) is 2.26. The molecule has 0 unspecified atom stereocenters. The van der Waals surface area contributed by atoms with Crippen LogP contribution >= 0.6 is 0 Å². The average Bonchev–Trinajstić information content (AvgIpc) is 2.87. The number of benzene rings is 1. The van der Waals surface area contributed by atoms with Gasteiger partial charge in [-0.05, 0) is 25.0 Å². The highest BCUT2D eigenvalue weighted by molar-refractivity contribution is 5.68. The standard InChI is InChI=1S/C10H11NO3/c11-10(12)14-9-3-1-2-8(6-9)13-7-4-5-7/h1-3,6-7H,4-5H2,(H2,11,12). The molecule has 1 aromatic carbocycles. The number of carbonyl (C=O) groups excluding carboxylic acids is 1. The van der Waals surface area contributed by atoms with Crippen molar-refractivity contribution in [3.63, 3.8) is 0 Å². The minimum absolute atomic E-state index is 0.332. The number of carbonyl (C=O) groups is 1. The van der Waals surface area contributed by atoms with Crippen molar-refractivity contribution in [1.29, 1.82) is 0 Å². The first-order chi connectivity index (χ1) is 6.74. The molecule has 0 radical (unpaired) electrons. The third-order valence-corrected chi connectivity index (χ3v) is 1.85. The van der Waals surface area contributed by atoms with Crippen LogP contribution in [0.3, 0.4) is 0 Å². The molecule has 1 amide bonds. The van der Waals surface area contributed by atoms with Crippen LogP contribution in [0.25, 0.3) is 0 Å². The van der Waals surface area contributed by atoms with Gasteiger partial charge in [-0.15, -0.1) is 0 Å². The summed E-state index contributed by atoms with van der Waals surface area (Å²) in [6.07, 6.45) is 1.72. The molecule has 0 heterocycles. The summed E-state index contributed by atoms with van der Waals surface area (Å²) in [6, 6.07) is 6.90. The minimum Gasteiger partial charge on any atom is -0.490 e. The summed E-state index contributed by atoms with van der Waals surface area (Å²) in [6.45, 7) is 0. The van der Waals surface area contributed by atoms with Crippen LogP contribution < -0.4 is 15.2 Å². The summed E-state index contributed by atoms with van der Waals surface area (Å²) >= 11 is 0. The van der Waals surface area contributed by atoms with Gasteiger partial charge in [-0.3, -0.25) is 0 Å². The van der Waals surface area contributed by atoms with Gasteiger partial charge in [0.15, 0.2) is 0 Å². The van der Waals surface area contributed by atoms with E-state index >= 15 is 0 Å². The number of nitrogens with two attached hydrogens (primary N) is 1. The van der Waals surface area contributed by atoms with Gasteiger partial charge in [0, 0.05) is 6.07 Å². The van der Waals surface area contributed by atoms with Crippen molar-refractivity contribution in [2.24, 2.45) is 5.73 Å². The Morgan fingerprint density at radius 2 is 2.07 bits per heavy atom. The lowest BCUT2D eigenvalue weighted by molar-refractivity contribution is 0.210. The van der Waals surface area contributed by atoms with E-state index in [0.717, 1.165) is 12.8 Å². The lowest BCUT2D eigenvalue weighted by Gasteiger charge is -2.05. The first-order valence-corrected chi connectivity index (χ1v) is 4.48. The maximum Gasteiger partial charge on any atom is 0.409 e. The van der Waals surface area contributed by atoms with Crippen LogP contribution in [0.5, 0.6) is 11.5 Å². The van der Waals surface area contributed by atoms with E-state index in [-0.39, 0.29) is 0 Å². The average molecular weight is 193 g/mol. The van der Waals surface area contributed by atoms with Gasteiger partial charge >= 0.3 is 6.09 Å². The summed E-state index contributed by atoms with van der Waals surface area (Å²) < 4.78 is 10.2. The first-order valence-electron chi connectivity index (χ1n) is 4.48. The van der Waals surface area contributed by atoms with E-state index in [1.54, 1.807) is 18.2 Å². The van der Waals surface area contributed by atoms with E-state index in [4.69, 9.17) is 15.2 Å². The Morgan fingerprint density at radius 3 is 2.71 bits per heavy atom. The van der Waals surface area contributed by atoms with Gasteiger partial charge < -0.3 is 15.2 Å². The molecule has 1 fully saturated rings. The molecule has 1 aromatic rings. The molecule has 74 valence electrons. The molecule has 0 aromatic heterocycles. The van der Waals surface area contributed by atoms with E-state index in [0.29, 0.717) is 17.6 Å². The Hall–Kier alpha value is -1.71. The smallest absolute Gasteiger partial charge is 0.409 e. The van der Waals surface area contributed by atoms with Crippen molar-refractivity contribution in [3.8, 4) is 11.5 Å². The monoisotopic (exact) mass is 193 g/mol. The molecule has 1 aliphatic carbocycles. The Balaban J connectivity index is 2.05. The van der Waals surface area contributed by atoms with Crippen LogP contribution in [0.2, 0.25) is 0 Å². The van der Waals surface area contributed by atoms with Gasteiger partial charge in [0.2, 0.25) is 0 Å². The molecular formula is C10H11NO3. The van der Waals surface area contributed by atoms with Gasteiger partial charge in [-0.2, -0.15) is 0 Å². The second-order valence-corrected chi connectivity index (χ2v) is 3.21. The fourth-order valence-corrected chi connectivity index (χ4v) is 1.11. The lowest BCUT2D eigenvalue weighted by atomic mass is 10.3. The number of ether oxygens (including phenoxy) is 2. The van der Waals surface area contributed by atoms with Crippen molar-refractivity contribution in [2.45, 2.75) is 18.9 Å². The van der Waals surface area contributed by atoms with Gasteiger partial charge in [0.1, 0.15) is 11.5 Å². The molecule has 0 spiro atoms. The molecule has 4 nitrogen and oxygen atoms in total. The Bertz CT molecular complexity index is 347. The summed E-state index contributed by atoms with van der Waals surface area (Å²) in [5.41, 5.74) is 4.89. The number of primary amides is 1. The molecule has 1 aliphatic rings. The first kappa shape index (κ1) is 8.87. The summed E-state index contributed by atoms with van der Waals surface area (Å²) in [7, 11) is 0. The van der Waals surface area contributed by atoms with Crippen molar-refractivity contribution >= 4 is 6.09 Å². The largest absolute Gasteiger partial charge is 0.490 e. The molecule has 14 heavy (non-hydrogen) atoms. The van der Waals surface area contributed by atoms with Crippen molar-refractivity contribution in [2.75, 3.05) is 0 Å². The fourth-order valence-electron chi connectivity index (χ4n) is 1.11. The summed E-state index contributed by atoms with van der Waals surface area (Å²) in [5.74, 6) is 1.13. The third-order valence-electron chi connectivity index (χ3n) is 1.85. The maximum atomic E-state index is 10.5. The van der Waals surface area contributed by atoms with E-state index in [2.05, 4.69) is 0 Å². The number of amides is 1. The highest BCUT2D eigenvalue weighted by Crippen LogP contribution is 2.28. The minimum atomic E-state index is -0.812. The van der Waals surface area contributed by atoms with Gasteiger partial charge in [-0.1, -0.05) is 6.07 Å². The number of hydrogen-bond acceptors (Lipinski definition) is 3. The topological polar surface area (TPSA) is 61.6 Å². The summed E-state index contributed by atoms with van der Waals surface area (Å²) in [4.78, 5) is 10.5. The molecule has 4 heteroatoms. The van der Waals surface area contributed by atoms with Crippen LogP contribution in [0.4, 0.5) is 4.79 Å². The molecule has 1 saturated carbocycles. The Labute approximate surface area is 81.6 Å². The van der Waals surface area contributed by atoms with Crippen molar-refractivity contribution < 1.29 is 14.3 Å². The molecular weight excluding hydrogens is 182 g/mol. The molecule has 0 saturated heterocycles. The maximum absolute atomic E-state index is 10.5. The molecule has 0 bridgehead atoms. The predicted molar refractivity (Wildman–Crippen MR) is 50.3 cm³/mol. The van der Waals surface area contributed by atoms with E-state index in [9.17, 15) is 4.79 Å². The van der Waals surface area contributed by atoms with Gasteiger partial charge in [0.05, 0.1) is 6.10 Å². The van der Waals surface area contributed by atoms with Crippen molar-refractivity contribution in [1.82, 2.24) is 0 Å². The second-order valence-electron chi connectivity index (χ2n) is 3.21. The molecule has 2 rings (SSSR count). The zero-order valence-electron chi connectivity index (χ0n) is 7.60. The van der Waals surface area contributed by atoms with E-state index in [1.807, 2.05) is 6.07 Å². The molecule has 0 aliphatic heterocycles. The van der Waals surface area contributed by atoms with Gasteiger partial charge in [-0.25, -0.2) is 4.79 Å². The SMILES string of the molecule is NC(=O)Oc1cccc(OC2CC2)c1. The van der Waals surface area contributed by atoms with Gasteiger partial charge in [0.25, 0.3) is 0 Å². The predicted octanol–water partition coefficient (Wildman–Crippen LogP) is 1.69. The van der Waals surface area contributed by atoms with E-state index < -0.39 is 6.09 Å². The van der Waals surface area contributed by atoms with Crippen LogP contribution in [-0.4, -0.2) is 12.2 Å². The molecule has 0 atom stereocenters. The fraction of sp³-hybridized carbons (Fsp3) is 0.300.